The molecule has 2 heterocycles. The van der Waals surface area contributed by atoms with E-state index in [1.807, 2.05) is 6.92 Å². The number of aryl methyl sites for hydroxylation is 1. The number of ether oxygens (including phenoxy) is 1. The molecule has 0 fully saturated rings. The Morgan fingerprint density at radius 2 is 2.08 bits per heavy atom. The lowest BCUT2D eigenvalue weighted by molar-refractivity contribution is 0.102. The number of hydrogen-bond acceptors (Lipinski definition) is 3. The maximum atomic E-state index is 12.8. The first-order valence-corrected chi connectivity index (χ1v) is 8.11. The summed E-state index contributed by atoms with van der Waals surface area (Å²) in [5.41, 5.74) is 2.17. The third-order valence-electron chi connectivity index (χ3n) is 3.66. The van der Waals surface area contributed by atoms with Crippen LogP contribution in [0.5, 0.6) is 5.75 Å². The van der Waals surface area contributed by atoms with E-state index in [1.165, 1.54) is 0 Å². The molecule has 0 aliphatic carbocycles. The molecule has 0 saturated heterocycles. The van der Waals surface area contributed by atoms with Gasteiger partial charge in [-0.15, -0.1) is 0 Å². The number of aromatic nitrogens is 2. The number of benzene rings is 1. The Kier molecular flexibility index (Phi) is 4.64. The fraction of sp³-hybridized carbons (Fsp3) is 0.176. The first kappa shape index (κ1) is 16.6. The van der Waals surface area contributed by atoms with Gasteiger partial charge in [-0.3, -0.25) is 9.20 Å². The Hall–Kier alpha value is -2.24. The fourth-order valence-electron chi connectivity index (χ4n) is 2.52. The van der Waals surface area contributed by atoms with Crippen LogP contribution in [0, 0.1) is 0 Å². The summed E-state index contributed by atoms with van der Waals surface area (Å²) in [4.78, 5) is 17.3. The van der Waals surface area contributed by atoms with E-state index in [2.05, 4.69) is 10.3 Å². The van der Waals surface area contributed by atoms with Gasteiger partial charge in [0.05, 0.1) is 28.5 Å². The molecule has 0 aliphatic rings. The largest absolute Gasteiger partial charge is 0.493 e. The van der Waals surface area contributed by atoms with Crippen LogP contribution in [0.2, 0.25) is 10.0 Å². The molecule has 24 heavy (non-hydrogen) atoms. The second kappa shape index (κ2) is 6.71. The molecule has 1 aromatic carbocycles. The summed E-state index contributed by atoms with van der Waals surface area (Å²) in [5, 5.41) is 3.48. The van der Waals surface area contributed by atoms with Crippen molar-refractivity contribution in [2.75, 3.05) is 12.4 Å². The predicted octanol–water partition coefficient (Wildman–Crippen LogP) is 4.46. The molecule has 3 rings (SSSR count). The normalized spacial score (nSPS) is 10.8. The van der Waals surface area contributed by atoms with Gasteiger partial charge in [0, 0.05) is 6.20 Å². The Morgan fingerprint density at radius 1 is 1.29 bits per heavy atom. The highest BCUT2D eigenvalue weighted by atomic mass is 35.5. The van der Waals surface area contributed by atoms with Crippen LogP contribution in [-0.2, 0) is 6.42 Å². The van der Waals surface area contributed by atoms with Crippen LogP contribution < -0.4 is 10.1 Å². The van der Waals surface area contributed by atoms with Gasteiger partial charge in [0.2, 0.25) is 0 Å². The van der Waals surface area contributed by atoms with Crippen molar-refractivity contribution in [2.24, 2.45) is 0 Å². The van der Waals surface area contributed by atoms with E-state index in [0.29, 0.717) is 44.9 Å². The second-order valence-corrected chi connectivity index (χ2v) is 5.87. The molecule has 0 saturated carbocycles. The summed E-state index contributed by atoms with van der Waals surface area (Å²) in [6, 6.07) is 8.69. The standard InChI is InChI=1S/C17H15Cl2N3O2/c1-3-11-15(22-9-5-8-13(24-2)16(22)20-11)17(23)21-12-7-4-6-10(18)14(12)19/h4-9H,3H2,1-2H3,(H,21,23). The van der Waals surface area contributed by atoms with Gasteiger partial charge in [0.15, 0.2) is 11.4 Å². The molecule has 1 N–H and O–H groups in total. The molecule has 0 atom stereocenters. The second-order valence-electron chi connectivity index (χ2n) is 5.09. The molecule has 0 aliphatic heterocycles. The average Bonchev–Trinajstić information content (AvgIpc) is 2.97. The lowest BCUT2D eigenvalue weighted by atomic mass is 10.2. The SMILES string of the molecule is CCc1nc2c(OC)cccn2c1C(=O)Nc1cccc(Cl)c1Cl. The monoisotopic (exact) mass is 363 g/mol. The molecule has 2 aromatic heterocycles. The van der Waals surface area contributed by atoms with E-state index in [4.69, 9.17) is 27.9 Å². The first-order valence-electron chi connectivity index (χ1n) is 7.36. The van der Waals surface area contributed by atoms with Crippen molar-refractivity contribution < 1.29 is 9.53 Å². The van der Waals surface area contributed by atoms with E-state index in [-0.39, 0.29) is 5.91 Å². The molecule has 1 amide bonds. The highest BCUT2D eigenvalue weighted by molar-refractivity contribution is 6.44. The van der Waals surface area contributed by atoms with E-state index in [1.54, 1.807) is 48.0 Å². The number of carbonyl (C=O) groups excluding carboxylic acids is 1. The maximum Gasteiger partial charge on any atom is 0.274 e. The van der Waals surface area contributed by atoms with Gasteiger partial charge in [-0.05, 0) is 30.7 Å². The fourth-order valence-corrected chi connectivity index (χ4v) is 2.87. The number of amides is 1. The molecular weight excluding hydrogens is 349 g/mol. The molecule has 0 bridgehead atoms. The zero-order chi connectivity index (χ0) is 17.3. The number of fused-ring (bicyclic) bond motifs is 1. The van der Waals surface area contributed by atoms with Crippen LogP contribution in [0.4, 0.5) is 5.69 Å². The Balaban J connectivity index is 2.08. The minimum atomic E-state index is -0.309. The average molecular weight is 364 g/mol. The molecular formula is C17H15Cl2N3O2. The number of methoxy groups -OCH3 is 1. The van der Waals surface area contributed by atoms with Crippen molar-refractivity contribution in [2.45, 2.75) is 13.3 Å². The number of carbonyl (C=O) groups is 1. The summed E-state index contributed by atoms with van der Waals surface area (Å²) >= 11 is 12.1. The maximum absolute atomic E-state index is 12.8. The smallest absolute Gasteiger partial charge is 0.274 e. The number of hydrogen-bond donors (Lipinski definition) is 1. The highest BCUT2D eigenvalue weighted by Crippen LogP contribution is 2.30. The van der Waals surface area contributed by atoms with Crippen LogP contribution in [0.3, 0.4) is 0 Å². The molecule has 0 spiro atoms. The molecule has 7 heteroatoms. The minimum Gasteiger partial charge on any atom is -0.493 e. The van der Waals surface area contributed by atoms with E-state index in [0.717, 1.165) is 0 Å². The van der Waals surface area contributed by atoms with Gasteiger partial charge >= 0.3 is 0 Å². The zero-order valence-corrected chi connectivity index (χ0v) is 14.6. The molecule has 3 aromatic rings. The number of anilines is 1. The third-order valence-corrected chi connectivity index (χ3v) is 4.47. The van der Waals surface area contributed by atoms with Crippen molar-refractivity contribution in [1.82, 2.24) is 9.38 Å². The lowest BCUT2D eigenvalue weighted by Gasteiger charge is -2.09. The number of imidazole rings is 1. The number of rotatable bonds is 4. The molecule has 5 nitrogen and oxygen atoms in total. The predicted molar refractivity (Wildman–Crippen MR) is 95.5 cm³/mol. The van der Waals surface area contributed by atoms with Gasteiger partial charge in [0.1, 0.15) is 5.69 Å². The Bertz CT molecular complexity index is 922. The van der Waals surface area contributed by atoms with E-state index >= 15 is 0 Å². The number of pyridine rings is 1. The van der Waals surface area contributed by atoms with Crippen molar-refractivity contribution in [3.63, 3.8) is 0 Å². The van der Waals surface area contributed by atoms with Crippen molar-refractivity contribution in [3.05, 3.63) is 58.0 Å². The summed E-state index contributed by atoms with van der Waals surface area (Å²) in [5.74, 6) is 0.295. The van der Waals surface area contributed by atoms with E-state index in [9.17, 15) is 4.79 Å². The Labute approximate surface area is 149 Å². The summed E-state index contributed by atoms with van der Waals surface area (Å²) < 4.78 is 7.03. The molecule has 0 radical (unpaired) electrons. The van der Waals surface area contributed by atoms with Crippen LogP contribution in [-0.4, -0.2) is 22.4 Å². The lowest BCUT2D eigenvalue weighted by Crippen LogP contribution is -2.16. The van der Waals surface area contributed by atoms with Crippen molar-refractivity contribution in [3.8, 4) is 5.75 Å². The van der Waals surface area contributed by atoms with Crippen molar-refractivity contribution in [1.29, 1.82) is 0 Å². The zero-order valence-electron chi connectivity index (χ0n) is 13.1. The number of nitrogens with zero attached hydrogens (tertiary/aromatic N) is 2. The minimum absolute atomic E-state index is 0.303. The highest BCUT2D eigenvalue weighted by Gasteiger charge is 2.21. The van der Waals surface area contributed by atoms with Gasteiger partial charge < -0.3 is 10.1 Å². The summed E-state index contributed by atoms with van der Waals surface area (Å²) in [7, 11) is 1.57. The van der Waals surface area contributed by atoms with E-state index < -0.39 is 0 Å². The third kappa shape index (κ3) is 2.81. The quantitative estimate of drug-likeness (QED) is 0.744. The summed E-state index contributed by atoms with van der Waals surface area (Å²) in [6.45, 7) is 1.94. The Morgan fingerprint density at radius 3 is 2.79 bits per heavy atom. The van der Waals surface area contributed by atoms with Crippen LogP contribution >= 0.6 is 23.2 Å². The number of halogens is 2. The van der Waals surface area contributed by atoms with Crippen LogP contribution in [0.25, 0.3) is 5.65 Å². The van der Waals surface area contributed by atoms with Gasteiger partial charge in [-0.25, -0.2) is 4.98 Å². The number of nitrogens with one attached hydrogen (secondary N) is 1. The first-order chi connectivity index (χ1) is 11.6. The van der Waals surface area contributed by atoms with Crippen molar-refractivity contribution >= 4 is 40.4 Å². The summed E-state index contributed by atoms with van der Waals surface area (Å²) in [6.07, 6.45) is 2.38. The van der Waals surface area contributed by atoms with Gasteiger partial charge in [0.25, 0.3) is 5.91 Å². The van der Waals surface area contributed by atoms with Gasteiger partial charge in [-0.1, -0.05) is 36.2 Å². The topological polar surface area (TPSA) is 55.6 Å². The van der Waals surface area contributed by atoms with Gasteiger partial charge in [-0.2, -0.15) is 0 Å². The molecule has 124 valence electrons. The van der Waals surface area contributed by atoms with Crippen LogP contribution in [0.1, 0.15) is 23.1 Å². The van der Waals surface area contributed by atoms with Crippen LogP contribution in [0.15, 0.2) is 36.5 Å². The molecule has 0 unspecified atom stereocenters.